The minimum atomic E-state index is 0.0319. The van der Waals surface area contributed by atoms with E-state index in [1.807, 2.05) is 0 Å². The third-order valence-corrected chi connectivity index (χ3v) is 4.06. The van der Waals surface area contributed by atoms with Crippen LogP contribution in [0, 0.1) is 0 Å². The predicted molar refractivity (Wildman–Crippen MR) is 66.0 cm³/mol. The first kappa shape index (κ1) is 12.1. The van der Waals surface area contributed by atoms with Crippen molar-refractivity contribution in [2.75, 3.05) is 6.61 Å². The molecule has 3 rings (SSSR count). The Hall–Kier alpha value is -0.940. The molecule has 1 saturated heterocycles. The van der Waals surface area contributed by atoms with Gasteiger partial charge in [0.05, 0.1) is 5.92 Å². The first-order valence-electron chi connectivity index (χ1n) is 7.05. The SMILES string of the molecule is NC1CCCCCC1c1nc(C2CCCO2)no1. The highest BCUT2D eigenvalue weighted by Crippen LogP contribution is 2.32. The lowest BCUT2D eigenvalue weighted by atomic mass is 9.95. The summed E-state index contributed by atoms with van der Waals surface area (Å²) in [5, 5.41) is 4.07. The molecule has 100 valence electrons. The van der Waals surface area contributed by atoms with Gasteiger partial charge in [0.25, 0.3) is 0 Å². The second-order valence-electron chi connectivity index (χ2n) is 5.40. The number of nitrogens with two attached hydrogens (primary N) is 1. The molecular formula is C13H21N3O2. The summed E-state index contributed by atoms with van der Waals surface area (Å²) in [7, 11) is 0. The average molecular weight is 251 g/mol. The van der Waals surface area contributed by atoms with Gasteiger partial charge in [-0.05, 0) is 25.7 Å². The summed E-state index contributed by atoms with van der Waals surface area (Å²) in [4.78, 5) is 4.53. The Morgan fingerprint density at radius 3 is 2.78 bits per heavy atom. The summed E-state index contributed by atoms with van der Waals surface area (Å²) in [6, 6.07) is 0.158. The zero-order chi connectivity index (χ0) is 12.4. The maximum atomic E-state index is 6.21. The van der Waals surface area contributed by atoms with Crippen molar-refractivity contribution in [3.05, 3.63) is 11.7 Å². The third-order valence-electron chi connectivity index (χ3n) is 4.06. The summed E-state index contributed by atoms with van der Waals surface area (Å²) >= 11 is 0. The van der Waals surface area contributed by atoms with Gasteiger partial charge in [-0.15, -0.1) is 0 Å². The summed E-state index contributed by atoms with van der Waals surface area (Å²) in [5.41, 5.74) is 6.21. The quantitative estimate of drug-likeness (QED) is 0.816. The fourth-order valence-electron chi connectivity index (χ4n) is 2.95. The van der Waals surface area contributed by atoms with Crippen LogP contribution in [0.2, 0.25) is 0 Å². The number of rotatable bonds is 2. The first-order valence-corrected chi connectivity index (χ1v) is 7.05. The highest BCUT2D eigenvalue weighted by molar-refractivity contribution is 5.01. The molecule has 0 radical (unpaired) electrons. The predicted octanol–water partition coefficient (Wildman–Crippen LogP) is 2.30. The molecule has 2 aliphatic rings. The average Bonchev–Trinajstić information content (AvgIpc) is 3.00. The number of nitrogens with zero attached hydrogens (tertiary/aromatic N) is 2. The van der Waals surface area contributed by atoms with Crippen molar-refractivity contribution in [3.63, 3.8) is 0 Å². The van der Waals surface area contributed by atoms with Crippen molar-refractivity contribution in [2.24, 2.45) is 5.73 Å². The molecule has 0 bridgehead atoms. The molecule has 2 N–H and O–H groups in total. The van der Waals surface area contributed by atoms with E-state index in [2.05, 4.69) is 10.1 Å². The molecule has 18 heavy (non-hydrogen) atoms. The van der Waals surface area contributed by atoms with E-state index < -0.39 is 0 Å². The van der Waals surface area contributed by atoms with E-state index in [0.29, 0.717) is 5.82 Å². The lowest BCUT2D eigenvalue weighted by Crippen LogP contribution is -2.27. The van der Waals surface area contributed by atoms with Crippen LogP contribution in [-0.4, -0.2) is 22.8 Å². The van der Waals surface area contributed by atoms with E-state index in [0.717, 1.165) is 38.2 Å². The smallest absolute Gasteiger partial charge is 0.231 e. The van der Waals surface area contributed by atoms with Crippen LogP contribution in [0.25, 0.3) is 0 Å². The van der Waals surface area contributed by atoms with Gasteiger partial charge in [-0.25, -0.2) is 0 Å². The van der Waals surface area contributed by atoms with Gasteiger partial charge in [-0.1, -0.05) is 24.4 Å². The molecule has 1 aliphatic carbocycles. The standard InChI is InChI=1S/C13H21N3O2/c14-10-6-3-1-2-5-9(10)13-15-12(16-18-13)11-7-4-8-17-11/h9-11H,1-8,14H2. The highest BCUT2D eigenvalue weighted by Gasteiger charge is 2.29. The number of ether oxygens (including phenoxy) is 1. The van der Waals surface area contributed by atoms with Crippen molar-refractivity contribution >= 4 is 0 Å². The Kier molecular flexibility index (Phi) is 3.61. The monoisotopic (exact) mass is 251 g/mol. The van der Waals surface area contributed by atoms with Crippen LogP contribution in [0.1, 0.15) is 68.7 Å². The number of hydrogen-bond donors (Lipinski definition) is 1. The van der Waals surface area contributed by atoms with Gasteiger partial charge in [0.1, 0.15) is 6.10 Å². The molecule has 0 aromatic carbocycles. The number of aromatic nitrogens is 2. The van der Waals surface area contributed by atoms with E-state index >= 15 is 0 Å². The lowest BCUT2D eigenvalue weighted by Gasteiger charge is -2.16. The zero-order valence-corrected chi connectivity index (χ0v) is 10.7. The van der Waals surface area contributed by atoms with Gasteiger partial charge in [0.15, 0.2) is 0 Å². The van der Waals surface area contributed by atoms with E-state index in [1.165, 1.54) is 19.3 Å². The van der Waals surface area contributed by atoms with Gasteiger partial charge in [0, 0.05) is 12.6 Å². The van der Waals surface area contributed by atoms with Crippen LogP contribution in [0.5, 0.6) is 0 Å². The Bertz CT molecular complexity index is 387. The fourth-order valence-corrected chi connectivity index (χ4v) is 2.95. The van der Waals surface area contributed by atoms with E-state index in [1.54, 1.807) is 0 Å². The minimum absolute atomic E-state index is 0.0319. The molecule has 0 amide bonds. The maximum absolute atomic E-state index is 6.21. The van der Waals surface area contributed by atoms with Crippen molar-refractivity contribution in [2.45, 2.75) is 63.0 Å². The second kappa shape index (κ2) is 5.36. The lowest BCUT2D eigenvalue weighted by molar-refractivity contribution is 0.103. The number of hydrogen-bond acceptors (Lipinski definition) is 5. The fraction of sp³-hybridized carbons (Fsp3) is 0.846. The zero-order valence-electron chi connectivity index (χ0n) is 10.7. The van der Waals surface area contributed by atoms with Crippen molar-refractivity contribution in [1.82, 2.24) is 10.1 Å². The van der Waals surface area contributed by atoms with Gasteiger partial charge in [0.2, 0.25) is 11.7 Å². The Labute approximate surface area is 107 Å². The summed E-state index contributed by atoms with van der Waals surface area (Å²) in [5.74, 6) is 1.66. The van der Waals surface area contributed by atoms with E-state index in [9.17, 15) is 0 Å². The van der Waals surface area contributed by atoms with Crippen molar-refractivity contribution < 1.29 is 9.26 Å². The van der Waals surface area contributed by atoms with Gasteiger partial charge in [-0.3, -0.25) is 0 Å². The normalized spacial score (nSPS) is 33.5. The molecule has 3 atom stereocenters. The maximum Gasteiger partial charge on any atom is 0.231 e. The molecule has 1 aliphatic heterocycles. The van der Waals surface area contributed by atoms with E-state index in [-0.39, 0.29) is 18.1 Å². The summed E-state index contributed by atoms with van der Waals surface area (Å²) < 4.78 is 11.0. The highest BCUT2D eigenvalue weighted by atomic mass is 16.5. The molecule has 5 nitrogen and oxygen atoms in total. The van der Waals surface area contributed by atoms with Gasteiger partial charge < -0.3 is 15.0 Å². The largest absolute Gasteiger partial charge is 0.370 e. The molecule has 1 aromatic rings. The van der Waals surface area contributed by atoms with Crippen LogP contribution < -0.4 is 5.73 Å². The molecule has 1 aromatic heterocycles. The molecule has 2 heterocycles. The van der Waals surface area contributed by atoms with Crippen LogP contribution >= 0.6 is 0 Å². The van der Waals surface area contributed by atoms with Crippen molar-refractivity contribution in [1.29, 1.82) is 0 Å². The van der Waals surface area contributed by atoms with E-state index in [4.69, 9.17) is 15.0 Å². The summed E-state index contributed by atoms with van der Waals surface area (Å²) in [6.07, 6.45) is 7.91. The van der Waals surface area contributed by atoms with Crippen LogP contribution in [0.4, 0.5) is 0 Å². The molecule has 3 unspecified atom stereocenters. The Morgan fingerprint density at radius 1 is 1.06 bits per heavy atom. The summed E-state index contributed by atoms with van der Waals surface area (Å²) in [6.45, 7) is 0.803. The Balaban J connectivity index is 1.74. The van der Waals surface area contributed by atoms with Crippen LogP contribution in [0.3, 0.4) is 0 Å². The van der Waals surface area contributed by atoms with Crippen LogP contribution in [-0.2, 0) is 4.74 Å². The van der Waals surface area contributed by atoms with Gasteiger partial charge in [-0.2, -0.15) is 4.98 Å². The van der Waals surface area contributed by atoms with Gasteiger partial charge >= 0.3 is 0 Å². The Morgan fingerprint density at radius 2 is 1.94 bits per heavy atom. The molecule has 0 spiro atoms. The second-order valence-corrected chi connectivity index (χ2v) is 5.40. The third kappa shape index (κ3) is 2.42. The molecular weight excluding hydrogens is 230 g/mol. The molecule has 2 fully saturated rings. The first-order chi connectivity index (χ1) is 8.84. The topological polar surface area (TPSA) is 74.2 Å². The van der Waals surface area contributed by atoms with Crippen molar-refractivity contribution in [3.8, 4) is 0 Å². The minimum Gasteiger partial charge on any atom is -0.370 e. The van der Waals surface area contributed by atoms with Crippen LogP contribution in [0.15, 0.2) is 4.52 Å². The molecule has 1 saturated carbocycles. The molecule has 5 heteroatoms.